The fourth-order valence-electron chi connectivity index (χ4n) is 1.82. The van der Waals surface area contributed by atoms with Crippen molar-refractivity contribution in [2.45, 2.75) is 13.0 Å². The summed E-state index contributed by atoms with van der Waals surface area (Å²) in [5.74, 6) is -0.0873. The first-order chi connectivity index (χ1) is 9.09. The summed E-state index contributed by atoms with van der Waals surface area (Å²) in [7, 11) is 0. The van der Waals surface area contributed by atoms with Gasteiger partial charge in [0.2, 0.25) is 0 Å². The minimum atomic E-state index is -0.0873. The first-order valence-corrected chi connectivity index (χ1v) is 7.48. The number of hydrogen-bond acceptors (Lipinski definition) is 1. The van der Waals surface area contributed by atoms with Crippen LogP contribution in [0, 0.1) is 0 Å². The van der Waals surface area contributed by atoms with Crippen LogP contribution in [0.1, 0.15) is 28.9 Å². The molecule has 0 spiro atoms. The largest absolute Gasteiger partial charge is 0.345 e. The molecule has 0 aliphatic heterocycles. The van der Waals surface area contributed by atoms with Crippen molar-refractivity contribution in [1.29, 1.82) is 0 Å². The van der Waals surface area contributed by atoms with E-state index < -0.39 is 0 Å². The molecule has 2 aromatic rings. The fraction of sp³-hybridized carbons (Fsp3) is 0.133. The molecule has 0 radical (unpaired) electrons. The minimum Gasteiger partial charge on any atom is -0.345 e. The smallest absolute Gasteiger partial charge is 0.252 e. The Morgan fingerprint density at radius 3 is 2.21 bits per heavy atom. The number of carbonyl (C=O) groups is 1. The van der Waals surface area contributed by atoms with Crippen LogP contribution in [0.25, 0.3) is 0 Å². The van der Waals surface area contributed by atoms with Crippen molar-refractivity contribution in [3.63, 3.8) is 0 Å². The Balaban J connectivity index is 2.16. The van der Waals surface area contributed by atoms with Crippen molar-refractivity contribution in [2.24, 2.45) is 0 Å². The van der Waals surface area contributed by atoms with Crippen LogP contribution < -0.4 is 5.32 Å². The summed E-state index contributed by atoms with van der Waals surface area (Å²) in [6.07, 6.45) is 0. The van der Waals surface area contributed by atoms with Crippen molar-refractivity contribution in [1.82, 2.24) is 5.32 Å². The van der Waals surface area contributed by atoms with Gasteiger partial charge in [-0.15, -0.1) is 0 Å². The van der Waals surface area contributed by atoms with Gasteiger partial charge >= 0.3 is 0 Å². The van der Waals surface area contributed by atoms with Gasteiger partial charge in [-0.05, 0) is 46.6 Å². The van der Waals surface area contributed by atoms with Crippen LogP contribution in [0.15, 0.2) is 57.5 Å². The Morgan fingerprint density at radius 1 is 1.00 bits per heavy atom. The van der Waals surface area contributed by atoms with Gasteiger partial charge in [-0.1, -0.05) is 46.3 Å². The van der Waals surface area contributed by atoms with Crippen LogP contribution in [0.4, 0.5) is 0 Å². The molecule has 2 aromatic carbocycles. The van der Waals surface area contributed by atoms with E-state index in [0.717, 1.165) is 14.5 Å². The Morgan fingerprint density at radius 2 is 1.58 bits per heavy atom. The SMILES string of the molecule is CC(NC(=O)c1ccccc1Br)c1ccccc1Br. The van der Waals surface area contributed by atoms with Crippen LogP contribution in [0.3, 0.4) is 0 Å². The first kappa shape index (κ1) is 14.3. The summed E-state index contributed by atoms with van der Waals surface area (Å²) >= 11 is 6.88. The van der Waals surface area contributed by atoms with Gasteiger partial charge in [0.1, 0.15) is 0 Å². The van der Waals surface area contributed by atoms with E-state index in [9.17, 15) is 4.79 Å². The molecule has 0 heterocycles. The van der Waals surface area contributed by atoms with Crippen molar-refractivity contribution >= 4 is 37.8 Å². The number of rotatable bonds is 3. The summed E-state index contributed by atoms with van der Waals surface area (Å²) in [4.78, 5) is 12.2. The average molecular weight is 383 g/mol. The monoisotopic (exact) mass is 381 g/mol. The number of halogens is 2. The predicted octanol–water partition coefficient (Wildman–Crippen LogP) is 4.70. The topological polar surface area (TPSA) is 29.1 Å². The van der Waals surface area contributed by atoms with E-state index in [-0.39, 0.29) is 11.9 Å². The second-order valence-corrected chi connectivity index (χ2v) is 5.91. The normalized spacial score (nSPS) is 11.9. The maximum atomic E-state index is 12.2. The van der Waals surface area contributed by atoms with Crippen LogP contribution in [0.5, 0.6) is 0 Å². The Hall–Kier alpha value is -1.13. The number of hydrogen-bond donors (Lipinski definition) is 1. The number of nitrogens with one attached hydrogen (secondary N) is 1. The van der Waals surface area contributed by atoms with Gasteiger partial charge in [0.05, 0.1) is 11.6 Å². The van der Waals surface area contributed by atoms with Gasteiger partial charge in [0.15, 0.2) is 0 Å². The van der Waals surface area contributed by atoms with E-state index in [4.69, 9.17) is 0 Å². The van der Waals surface area contributed by atoms with E-state index >= 15 is 0 Å². The molecule has 98 valence electrons. The second kappa shape index (κ2) is 6.35. The highest BCUT2D eigenvalue weighted by Gasteiger charge is 2.14. The molecule has 4 heteroatoms. The maximum Gasteiger partial charge on any atom is 0.252 e. The molecule has 1 atom stereocenters. The third-order valence-electron chi connectivity index (χ3n) is 2.84. The molecule has 0 fully saturated rings. The van der Waals surface area contributed by atoms with Gasteiger partial charge in [-0.25, -0.2) is 0 Å². The van der Waals surface area contributed by atoms with Gasteiger partial charge < -0.3 is 5.32 Å². The van der Waals surface area contributed by atoms with Crippen LogP contribution in [-0.2, 0) is 0 Å². The van der Waals surface area contributed by atoms with Gasteiger partial charge in [0.25, 0.3) is 5.91 Å². The lowest BCUT2D eigenvalue weighted by molar-refractivity contribution is 0.0939. The second-order valence-electron chi connectivity index (χ2n) is 4.20. The molecule has 0 bridgehead atoms. The molecular weight excluding hydrogens is 370 g/mol. The minimum absolute atomic E-state index is 0.0600. The first-order valence-electron chi connectivity index (χ1n) is 5.89. The van der Waals surface area contributed by atoms with Crippen LogP contribution in [-0.4, -0.2) is 5.91 Å². The zero-order chi connectivity index (χ0) is 13.8. The number of carbonyl (C=O) groups excluding carboxylic acids is 1. The van der Waals surface area contributed by atoms with E-state index in [1.165, 1.54) is 0 Å². The van der Waals surface area contributed by atoms with Crippen molar-refractivity contribution in [3.05, 3.63) is 68.6 Å². The molecular formula is C15H13Br2NO. The lowest BCUT2D eigenvalue weighted by Gasteiger charge is -2.16. The summed E-state index contributed by atoms with van der Waals surface area (Å²) < 4.78 is 1.79. The van der Waals surface area contributed by atoms with Crippen molar-refractivity contribution < 1.29 is 4.79 Å². The van der Waals surface area contributed by atoms with Gasteiger partial charge in [0, 0.05) is 8.95 Å². The van der Waals surface area contributed by atoms with E-state index in [1.54, 1.807) is 6.07 Å². The Labute approximate surface area is 129 Å². The zero-order valence-corrected chi connectivity index (χ0v) is 13.5. The average Bonchev–Trinajstić information content (AvgIpc) is 2.39. The molecule has 2 rings (SSSR count). The summed E-state index contributed by atoms with van der Waals surface area (Å²) in [5.41, 5.74) is 1.70. The van der Waals surface area contributed by atoms with E-state index in [2.05, 4.69) is 37.2 Å². The molecule has 19 heavy (non-hydrogen) atoms. The highest BCUT2D eigenvalue weighted by molar-refractivity contribution is 9.10. The van der Waals surface area contributed by atoms with Crippen molar-refractivity contribution in [2.75, 3.05) is 0 Å². The maximum absolute atomic E-state index is 12.2. The molecule has 0 aliphatic rings. The third kappa shape index (κ3) is 3.45. The quantitative estimate of drug-likeness (QED) is 0.818. The molecule has 0 saturated heterocycles. The van der Waals surface area contributed by atoms with Gasteiger partial charge in [-0.3, -0.25) is 4.79 Å². The summed E-state index contributed by atoms with van der Waals surface area (Å²) in [5, 5.41) is 3.00. The summed E-state index contributed by atoms with van der Waals surface area (Å²) in [6.45, 7) is 1.97. The molecule has 1 amide bonds. The van der Waals surface area contributed by atoms with Gasteiger partial charge in [-0.2, -0.15) is 0 Å². The molecule has 0 aromatic heterocycles. The lowest BCUT2D eigenvalue weighted by Crippen LogP contribution is -2.27. The summed E-state index contributed by atoms with van der Waals surface area (Å²) in [6, 6.07) is 15.2. The van der Waals surface area contributed by atoms with E-state index in [1.807, 2.05) is 49.4 Å². The molecule has 1 N–H and O–H groups in total. The van der Waals surface area contributed by atoms with Crippen LogP contribution >= 0.6 is 31.9 Å². The number of amides is 1. The molecule has 1 unspecified atom stereocenters. The van der Waals surface area contributed by atoms with E-state index in [0.29, 0.717) is 5.56 Å². The molecule has 0 aliphatic carbocycles. The Kier molecular flexibility index (Phi) is 4.77. The lowest BCUT2D eigenvalue weighted by atomic mass is 10.1. The third-order valence-corrected chi connectivity index (χ3v) is 4.25. The van der Waals surface area contributed by atoms with Crippen LogP contribution in [0.2, 0.25) is 0 Å². The highest BCUT2D eigenvalue weighted by atomic mass is 79.9. The zero-order valence-electron chi connectivity index (χ0n) is 10.4. The standard InChI is InChI=1S/C15H13Br2NO/c1-10(11-6-2-4-8-13(11)16)18-15(19)12-7-3-5-9-14(12)17/h2-10H,1H3,(H,18,19). The Bertz CT molecular complexity index is 598. The highest BCUT2D eigenvalue weighted by Crippen LogP contribution is 2.23. The molecule has 0 saturated carbocycles. The number of benzene rings is 2. The predicted molar refractivity (Wildman–Crippen MR) is 84.2 cm³/mol. The molecule has 2 nitrogen and oxygen atoms in total. The van der Waals surface area contributed by atoms with Crippen molar-refractivity contribution in [3.8, 4) is 0 Å². The fourth-order valence-corrected chi connectivity index (χ4v) is 2.92.